The number of hydrogen-bond donors (Lipinski definition) is 2. The van der Waals surface area contributed by atoms with Gasteiger partial charge in [-0.3, -0.25) is 4.68 Å². The fraction of sp³-hybridized carbons (Fsp3) is 0.667. The van der Waals surface area contributed by atoms with Gasteiger partial charge in [0.05, 0.1) is 5.69 Å². The lowest BCUT2D eigenvalue weighted by molar-refractivity contribution is 0.633. The first kappa shape index (κ1) is 14.0. The standard InChI is InChI=1S/C12H22N4S/c1-5-7-13-12(17)14-8-11-9(3)15-16(6-2)10(11)4/h5-8H2,1-4H3,(H2,13,14,17). The lowest BCUT2D eigenvalue weighted by Crippen LogP contribution is -2.35. The Morgan fingerprint density at radius 3 is 2.53 bits per heavy atom. The summed E-state index contributed by atoms with van der Waals surface area (Å²) in [6.07, 6.45) is 1.08. The molecule has 5 heteroatoms. The van der Waals surface area contributed by atoms with Crippen LogP contribution in [0.3, 0.4) is 0 Å². The molecule has 96 valence electrons. The van der Waals surface area contributed by atoms with E-state index in [1.807, 2.05) is 11.6 Å². The van der Waals surface area contributed by atoms with E-state index in [2.05, 4.69) is 36.5 Å². The van der Waals surface area contributed by atoms with Gasteiger partial charge in [0.25, 0.3) is 0 Å². The number of thiocarbonyl (C=S) groups is 1. The van der Waals surface area contributed by atoms with Gasteiger partial charge in [-0.25, -0.2) is 0 Å². The molecule has 0 aliphatic heterocycles. The van der Waals surface area contributed by atoms with E-state index in [4.69, 9.17) is 12.2 Å². The lowest BCUT2D eigenvalue weighted by Gasteiger charge is -2.10. The van der Waals surface area contributed by atoms with Gasteiger partial charge in [-0.15, -0.1) is 0 Å². The summed E-state index contributed by atoms with van der Waals surface area (Å²) in [6.45, 7) is 10.9. The van der Waals surface area contributed by atoms with Gasteiger partial charge in [0.2, 0.25) is 0 Å². The zero-order valence-electron chi connectivity index (χ0n) is 11.1. The van der Waals surface area contributed by atoms with Crippen molar-refractivity contribution in [2.45, 2.75) is 47.2 Å². The van der Waals surface area contributed by atoms with Crippen molar-refractivity contribution in [3.63, 3.8) is 0 Å². The maximum Gasteiger partial charge on any atom is 0.166 e. The number of nitrogens with one attached hydrogen (secondary N) is 2. The Morgan fingerprint density at radius 2 is 2.00 bits per heavy atom. The van der Waals surface area contributed by atoms with Gasteiger partial charge in [-0.05, 0) is 39.4 Å². The van der Waals surface area contributed by atoms with Gasteiger partial charge in [0.1, 0.15) is 0 Å². The van der Waals surface area contributed by atoms with Crippen LogP contribution in [0.25, 0.3) is 0 Å². The molecule has 0 aliphatic rings. The van der Waals surface area contributed by atoms with Crippen molar-refractivity contribution in [3.05, 3.63) is 17.0 Å². The number of rotatable bonds is 5. The van der Waals surface area contributed by atoms with Crippen molar-refractivity contribution in [2.75, 3.05) is 6.54 Å². The smallest absolute Gasteiger partial charge is 0.166 e. The molecule has 0 bridgehead atoms. The number of aromatic nitrogens is 2. The summed E-state index contributed by atoms with van der Waals surface area (Å²) in [6, 6.07) is 0. The molecular formula is C12H22N4S. The maximum absolute atomic E-state index is 5.19. The zero-order valence-corrected chi connectivity index (χ0v) is 11.9. The molecule has 0 saturated heterocycles. The van der Waals surface area contributed by atoms with Crippen LogP contribution in [0.1, 0.15) is 37.2 Å². The fourth-order valence-corrected chi connectivity index (χ4v) is 1.94. The van der Waals surface area contributed by atoms with E-state index in [0.717, 1.165) is 36.9 Å². The average Bonchev–Trinajstić information content (AvgIpc) is 2.59. The van der Waals surface area contributed by atoms with Crippen molar-refractivity contribution in [1.82, 2.24) is 20.4 Å². The summed E-state index contributed by atoms with van der Waals surface area (Å²) in [4.78, 5) is 0. The molecule has 0 spiro atoms. The Labute approximate surface area is 109 Å². The summed E-state index contributed by atoms with van der Waals surface area (Å²) < 4.78 is 2.02. The van der Waals surface area contributed by atoms with E-state index in [1.54, 1.807) is 0 Å². The Balaban J connectivity index is 2.57. The fourth-order valence-electron chi connectivity index (χ4n) is 1.77. The molecule has 0 amide bonds. The van der Waals surface area contributed by atoms with E-state index < -0.39 is 0 Å². The predicted octanol–water partition coefficient (Wildman–Crippen LogP) is 1.89. The van der Waals surface area contributed by atoms with Crippen molar-refractivity contribution in [1.29, 1.82) is 0 Å². The molecule has 0 fully saturated rings. The second-order valence-corrected chi connectivity index (χ2v) is 4.48. The van der Waals surface area contributed by atoms with Gasteiger partial charge in [-0.1, -0.05) is 6.92 Å². The molecule has 2 N–H and O–H groups in total. The third-order valence-corrected chi connectivity index (χ3v) is 3.08. The predicted molar refractivity (Wildman–Crippen MR) is 75.1 cm³/mol. The van der Waals surface area contributed by atoms with Crippen LogP contribution in [0.5, 0.6) is 0 Å². The van der Waals surface area contributed by atoms with Crippen LogP contribution in [-0.2, 0) is 13.1 Å². The molecule has 4 nitrogen and oxygen atoms in total. The first-order valence-electron chi connectivity index (χ1n) is 6.14. The van der Waals surface area contributed by atoms with E-state index in [9.17, 15) is 0 Å². The Bertz CT molecular complexity index is 384. The van der Waals surface area contributed by atoms with Crippen molar-refractivity contribution in [2.24, 2.45) is 0 Å². The molecule has 0 radical (unpaired) electrons. The summed E-state index contributed by atoms with van der Waals surface area (Å²) in [5.41, 5.74) is 3.54. The second-order valence-electron chi connectivity index (χ2n) is 4.07. The third kappa shape index (κ3) is 3.70. The first-order chi connectivity index (χ1) is 8.10. The zero-order chi connectivity index (χ0) is 12.8. The summed E-state index contributed by atoms with van der Waals surface area (Å²) >= 11 is 5.19. The molecule has 0 aromatic carbocycles. The van der Waals surface area contributed by atoms with Crippen LogP contribution in [0.2, 0.25) is 0 Å². The lowest BCUT2D eigenvalue weighted by atomic mass is 10.2. The van der Waals surface area contributed by atoms with Crippen LogP contribution in [0, 0.1) is 13.8 Å². The normalized spacial score (nSPS) is 10.4. The quantitative estimate of drug-likeness (QED) is 0.788. The molecule has 17 heavy (non-hydrogen) atoms. The molecule has 0 atom stereocenters. The van der Waals surface area contributed by atoms with E-state index in [0.29, 0.717) is 0 Å². The maximum atomic E-state index is 5.19. The van der Waals surface area contributed by atoms with E-state index >= 15 is 0 Å². The highest BCUT2D eigenvalue weighted by molar-refractivity contribution is 7.80. The van der Waals surface area contributed by atoms with E-state index in [-0.39, 0.29) is 0 Å². The highest BCUT2D eigenvalue weighted by Gasteiger charge is 2.10. The van der Waals surface area contributed by atoms with Gasteiger partial charge >= 0.3 is 0 Å². The molecule has 1 rings (SSSR count). The van der Waals surface area contributed by atoms with Crippen molar-refractivity contribution in [3.8, 4) is 0 Å². The summed E-state index contributed by atoms with van der Waals surface area (Å²) in [5.74, 6) is 0. The van der Waals surface area contributed by atoms with Gasteiger partial charge in [0, 0.05) is 30.9 Å². The summed E-state index contributed by atoms with van der Waals surface area (Å²) in [7, 11) is 0. The molecule has 0 aliphatic carbocycles. The third-order valence-electron chi connectivity index (χ3n) is 2.79. The van der Waals surface area contributed by atoms with Crippen LogP contribution >= 0.6 is 12.2 Å². The second kappa shape index (κ2) is 6.59. The topological polar surface area (TPSA) is 41.9 Å². The van der Waals surface area contributed by atoms with Gasteiger partial charge in [-0.2, -0.15) is 5.10 Å². The minimum absolute atomic E-state index is 0.717. The monoisotopic (exact) mass is 254 g/mol. The van der Waals surface area contributed by atoms with Crippen molar-refractivity contribution >= 4 is 17.3 Å². The Kier molecular flexibility index (Phi) is 5.41. The van der Waals surface area contributed by atoms with Gasteiger partial charge < -0.3 is 10.6 Å². The minimum Gasteiger partial charge on any atom is -0.363 e. The van der Waals surface area contributed by atoms with Crippen LogP contribution in [0.15, 0.2) is 0 Å². The molecule has 0 saturated carbocycles. The summed E-state index contributed by atoms with van der Waals surface area (Å²) in [5, 5.41) is 11.6. The molecule has 1 aromatic rings. The number of hydrogen-bond acceptors (Lipinski definition) is 2. The minimum atomic E-state index is 0.717. The Hall–Kier alpha value is -1.10. The first-order valence-corrected chi connectivity index (χ1v) is 6.55. The van der Waals surface area contributed by atoms with E-state index in [1.165, 1.54) is 11.3 Å². The molecule has 1 aromatic heterocycles. The molecule has 1 heterocycles. The molecular weight excluding hydrogens is 232 g/mol. The average molecular weight is 254 g/mol. The largest absolute Gasteiger partial charge is 0.363 e. The van der Waals surface area contributed by atoms with Crippen LogP contribution in [0.4, 0.5) is 0 Å². The van der Waals surface area contributed by atoms with Crippen LogP contribution in [-0.4, -0.2) is 21.4 Å². The highest BCUT2D eigenvalue weighted by Crippen LogP contribution is 2.12. The Morgan fingerprint density at radius 1 is 1.29 bits per heavy atom. The highest BCUT2D eigenvalue weighted by atomic mass is 32.1. The molecule has 0 unspecified atom stereocenters. The van der Waals surface area contributed by atoms with Crippen molar-refractivity contribution < 1.29 is 0 Å². The van der Waals surface area contributed by atoms with Crippen LogP contribution < -0.4 is 10.6 Å². The number of nitrogens with zero attached hydrogens (tertiary/aromatic N) is 2. The SMILES string of the molecule is CCCNC(=S)NCc1c(C)nn(CC)c1C. The number of aryl methyl sites for hydroxylation is 2. The van der Waals surface area contributed by atoms with Gasteiger partial charge in [0.15, 0.2) is 5.11 Å².